The zero-order chi connectivity index (χ0) is 26.2. The van der Waals surface area contributed by atoms with Crippen molar-refractivity contribution in [2.45, 2.75) is 24.7 Å². The quantitative estimate of drug-likeness (QED) is 0.346. The summed E-state index contributed by atoms with van der Waals surface area (Å²) in [7, 11) is -2.22. The van der Waals surface area contributed by atoms with Gasteiger partial charge in [-0.25, -0.2) is 13.6 Å². The van der Waals surface area contributed by atoms with E-state index in [9.17, 15) is 18.8 Å². The molecule has 4 aromatic rings. The monoisotopic (exact) mass is 525 g/mol. The number of benzene rings is 2. The zero-order valence-electron chi connectivity index (χ0n) is 20.4. The van der Waals surface area contributed by atoms with Crippen LogP contribution in [0, 0.1) is 5.82 Å². The van der Waals surface area contributed by atoms with E-state index in [0.717, 1.165) is 11.1 Å². The van der Waals surface area contributed by atoms with Crippen LogP contribution in [0.5, 0.6) is 5.88 Å². The maximum absolute atomic E-state index is 15.0. The van der Waals surface area contributed by atoms with Gasteiger partial charge in [0, 0.05) is 46.4 Å². The number of aliphatic hydroxyl groups is 2. The first-order chi connectivity index (χ1) is 17.7. The molecule has 194 valence electrons. The van der Waals surface area contributed by atoms with Gasteiger partial charge in [-0.15, -0.1) is 0 Å². The molecule has 1 saturated heterocycles. The lowest BCUT2D eigenvalue weighted by molar-refractivity contribution is -0.131. The van der Waals surface area contributed by atoms with Crippen LogP contribution in [-0.4, -0.2) is 68.4 Å². The van der Waals surface area contributed by atoms with E-state index < -0.39 is 33.9 Å². The molecule has 3 heterocycles. The molecule has 0 radical (unpaired) electrons. The second kappa shape index (κ2) is 10.2. The van der Waals surface area contributed by atoms with E-state index in [1.54, 1.807) is 18.6 Å². The van der Waals surface area contributed by atoms with Crippen LogP contribution in [-0.2, 0) is 14.5 Å². The van der Waals surface area contributed by atoms with E-state index in [-0.39, 0.29) is 18.9 Å². The maximum atomic E-state index is 15.0. The highest BCUT2D eigenvalue weighted by Gasteiger charge is 2.31. The average molecular weight is 526 g/mol. The first kappa shape index (κ1) is 25.3. The molecule has 37 heavy (non-hydrogen) atoms. The minimum Gasteiger partial charge on any atom is -0.473 e. The second-order valence-electron chi connectivity index (χ2n) is 9.38. The van der Waals surface area contributed by atoms with E-state index in [4.69, 9.17) is 9.47 Å². The zero-order valence-corrected chi connectivity index (χ0v) is 21.2. The lowest BCUT2D eigenvalue weighted by atomic mass is 10.0. The largest absolute Gasteiger partial charge is 0.473 e. The molecule has 1 aliphatic rings. The van der Waals surface area contributed by atoms with Crippen LogP contribution in [0.2, 0.25) is 0 Å². The molecule has 2 aromatic heterocycles. The van der Waals surface area contributed by atoms with Crippen molar-refractivity contribution in [1.82, 2.24) is 9.97 Å². The third-order valence-corrected chi connectivity index (χ3v) is 6.77. The number of ether oxygens (including phenoxy) is 2. The number of rotatable bonds is 6. The van der Waals surface area contributed by atoms with E-state index in [0.29, 0.717) is 34.6 Å². The van der Waals surface area contributed by atoms with E-state index in [1.165, 1.54) is 6.07 Å². The molecular formula is C27H28FN3O5S. The van der Waals surface area contributed by atoms with Crippen molar-refractivity contribution in [3.8, 4) is 28.3 Å². The van der Waals surface area contributed by atoms with Crippen LogP contribution in [0.1, 0.15) is 6.42 Å². The van der Waals surface area contributed by atoms with Gasteiger partial charge >= 0.3 is 0 Å². The summed E-state index contributed by atoms with van der Waals surface area (Å²) in [6.45, 7) is -0.0241. The summed E-state index contributed by atoms with van der Waals surface area (Å²) in [6, 6.07) is 18.0. The molecule has 0 bridgehead atoms. The second-order valence-corrected chi connectivity index (χ2v) is 11.9. The predicted octanol–water partition coefficient (Wildman–Crippen LogP) is 4.28. The molecule has 1 aliphatic heterocycles. The molecule has 0 spiro atoms. The first-order valence-electron chi connectivity index (χ1n) is 11.8. The highest BCUT2D eigenvalue weighted by atomic mass is 32.2. The van der Waals surface area contributed by atoms with Crippen LogP contribution < -0.4 is 4.74 Å². The summed E-state index contributed by atoms with van der Waals surface area (Å²) in [6.07, 6.45) is 1.66. The molecule has 8 nitrogen and oxygen atoms in total. The summed E-state index contributed by atoms with van der Waals surface area (Å²) in [4.78, 5) is 7.52. The highest BCUT2D eigenvalue weighted by Crippen LogP contribution is 2.30. The number of H-pyrrole nitrogens is 1. The van der Waals surface area contributed by atoms with Crippen LogP contribution >= 0.6 is 0 Å². The molecular weight excluding hydrogens is 497 g/mol. The fourth-order valence-electron chi connectivity index (χ4n) is 4.33. The standard InChI is InChI=1S/C27H28FN3O5S/c1-37(2,34)31-19-9-7-17(8-10-19)16-3-5-18(6-4-16)27-21(28)12-22-23(30-27)13-26(29-22)36-20-11-24(33)25(14-32)35-15-20/h3-10,12-13,20,24-25,29,32-33H,11,14-15H2,1-2H3/t20-,24-,25+/m0/s1. The number of hydrogen-bond acceptors (Lipinski definition) is 7. The van der Waals surface area contributed by atoms with Gasteiger partial charge in [0.1, 0.15) is 17.9 Å². The third kappa shape index (κ3) is 5.83. The Bertz CT molecular complexity index is 1520. The normalized spacial score (nSPS) is 20.2. The summed E-state index contributed by atoms with van der Waals surface area (Å²) >= 11 is 0. The Balaban J connectivity index is 1.34. The Hall–Kier alpha value is -3.31. The number of aromatic nitrogens is 2. The number of pyridine rings is 1. The number of nitrogens with one attached hydrogen (secondary N) is 1. The van der Waals surface area contributed by atoms with Crippen molar-refractivity contribution in [2.24, 2.45) is 4.36 Å². The summed E-state index contributed by atoms with van der Waals surface area (Å²) in [5, 5.41) is 19.3. The number of halogens is 1. The van der Waals surface area contributed by atoms with Gasteiger partial charge in [-0.3, -0.25) is 0 Å². The first-order valence-corrected chi connectivity index (χ1v) is 14.2. The van der Waals surface area contributed by atoms with Gasteiger partial charge < -0.3 is 24.7 Å². The molecule has 0 aliphatic carbocycles. The van der Waals surface area contributed by atoms with Gasteiger partial charge in [-0.1, -0.05) is 36.4 Å². The van der Waals surface area contributed by atoms with Gasteiger partial charge in [-0.2, -0.15) is 4.36 Å². The smallest absolute Gasteiger partial charge is 0.193 e. The molecule has 5 rings (SSSR count). The fraction of sp³-hybridized carbons (Fsp3) is 0.296. The van der Waals surface area contributed by atoms with Crippen molar-refractivity contribution >= 4 is 26.4 Å². The van der Waals surface area contributed by atoms with Crippen molar-refractivity contribution in [3.63, 3.8) is 0 Å². The van der Waals surface area contributed by atoms with Gasteiger partial charge in [0.2, 0.25) is 0 Å². The van der Waals surface area contributed by atoms with E-state index in [2.05, 4.69) is 14.3 Å². The van der Waals surface area contributed by atoms with E-state index >= 15 is 0 Å². The Morgan fingerprint density at radius 1 is 1.11 bits per heavy atom. The molecule has 2 aromatic carbocycles. The Labute approximate surface area is 214 Å². The minimum absolute atomic E-state index is 0.224. The molecule has 3 N–H and O–H groups in total. The topological polar surface area (TPSA) is 117 Å². The number of aliphatic hydroxyl groups excluding tert-OH is 2. The third-order valence-electron chi connectivity index (χ3n) is 6.12. The Morgan fingerprint density at radius 3 is 2.38 bits per heavy atom. The number of fused-ring (bicyclic) bond motifs is 1. The van der Waals surface area contributed by atoms with Crippen LogP contribution in [0.3, 0.4) is 0 Å². The fourth-order valence-corrected chi connectivity index (χ4v) is 4.96. The van der Waals surface area contributed by atoms with Gasteiger partial charge in [-0.05, 0) is 23.3 Å². The SMILES string of the molecule is CS(C)(=O)=Nc1ccc(-c2ccc(-c3nc4cc(O[C@@H]5CO[C@H](CO)[C@@H](O)C5)[nH]c4cc3F)cc2)cc1. The molecule has 0 unspecified atom stereocenters. The van der Waals surface area contributed by atoms with Crippen LogP contribution in [0.15, 0.2) is 65.0 Å². The van der Waals surface area contributed by atoms with Crippen molar-refractivity contribution in [1.29, 1.82) is 0 Å². The summed E-state index contributed by atoms with van der Waals surface area (Å²) in [5.41, 5.74) is 4.46. The molecule has 10 heteroatoms. The van der Waals surface area contributed by atoms with Crippen molar-refractivity contribution < 1.29 is 28.3 Å². The average Bonchev–Trinajstić information content (AvgIpc) is 3.24. The predicted molar refractivity (Wildman–Crippen MR) is 141 cm³/mol. The number of aromatic amines is 1. The highest BCUT2D eigenvalue weighted by molar-refractivity contribution is 7.92. The van der Waals surface area contributed by atoms with Crippen molar-refractivity contribution in [2.75, 3.05) is 25.7 Å². The van der Waals surface area contributed by atoms with Gasteiger partial charge in [0.15, 0.2) is 11.7 Å². The Kier molecular flexibility index (Phi) is 7.00. The van der Waals surface area contributed by atoms with Crippen LogP contribution in [0.4, 0.5) is 10.1 Å². The molecule has 0 amide bonds. The van der Waals surface area contributed by atoms with Gasteiger partial charge in [0.05, 0.1) is 36.0 Å². The minimum atomic E-state index is -2.22. The lowest BCUT2D eigenvalue weighted by Crippen LogP contribution is -2.45. The van der Waals surface area contributed by atoms with Gasteiger partial charge in [0.25, 0.3) is 0 Å². The van der Waals surface area contributed by atoms with Crippen molar-refractivity contribution in [3.05, 3.63) is 66.5 Å². The molecule has 3 atom stereocenters. The number of hydrogen-bond donors (Lipinski definition) is 3. The maximum Gasteiger partial charge on any atom is 0.193 e. The Morgan fingerprint density at radius 2 is 1.76 bits per heavy atom. The van der Waals surface area contributed by atoms with E-state index in [1.807, 2.05) is 48.5 Å². The molecule has 1 fully saturated rings. The summed E-state index contributed by atoms with van der Waals surface area (Å²) < 4.78 is 42.4. The lowest BCUT2D eigenvalue weighted by Gasteiger charge is -2.32. The molecule has 0 saturated carbocycles. The van der Waals surface area contributed by atoms with Crippen LogP contribution in [0.25, 0.3) is 33.4 Å². The number of nitrogens with zero attached hydrogens (tertiary/aromatic N) is 2. The summed E-state index contributed by atoms with van der Waals surface area (Å²) in [5.74, 6) is -0.0700.